The number of carbonyl (C=O) groups excluding carboxylic acids is 1. The lowest BCUT2D eigenvalue weighted by Crippen LogP contribution is -2.15. The van der Waals surface area contributed by atoms with Crippen LogP contribution in [-0.2, 0) is 14.3 Å². The van der Waals surface area contributed by atoms with Crippen LogP contribution in [0.25, 0.3) is 10.4 Å². The van der Waals surface area contributed by atoms with Crippen LogP contribution in [0.1, 0.15) is 6.42 Å². The van der Waals surface area contributed by atoms with Gasteiger partial charge in [0.25, 0.3) is 0 Å². The lowest BCUT2D eigenvalue weighted by molar-refractivity contribution is -0.117. The standard InChI is InChI=1S/C13H17IN4O3/c14-11-1-3-12(4-2-11)17-13(19)5-7-20-9-10-21-8-6-16-18-15/h1-4H,5-10H2,(H,17,19). The normalized spacial score (nSPS) is 9.95. The van der Waals surface area contributed by atoms with Gasteiger partial charge in [-0.1, -0.05) is 5.11 Å². The van der Waals surface area contributed by atoms with E-state index in [4.69, 9.17) is 15.0 Å². The monoisotopic (exact) mass is 404 g/mol. The molecular weight excluding hydrogens is 387 g/mol. The predicted octanol–water partition coefficient (Wildman–Crippen LogP) is 2.96. The van der Waals surface area contributed by atoms with Crippen LogP contribution in [-0.4, -0.2) is 38.9 Å². The average molecular weight is 404 g/mol. The van der Waals surface area contributed by atoms with Gasteiger partial charge in [-0.25, -0.2) is 0 Å². The Morgan fingerprint density at radius 3 is 2.52 bits per heavy atom. The second-order valence-corrected chi connectivity index (χ2v) is 5.23. The van der Waals surface area contributed by atoms with Crippen LogP contribution in [0.15, 0.2) is 29.4 Å². The lowest BCUT2D eigenvalue weighted by Gasteiger charge is -2.06. The van der Waals surface area contributed by atoms with Gasteiger partial charge in [0.15, 0.2) is 0 Å². The Bertz CT molecular complexity index is 475. The van der Waals surface area contributed by atoms with Crippen molar-refractivity contribution in [2.24, 2.45) is 5.11 Å². The van der Waals surface area contributed by atoms with Gasteiger partial charge in [0.05, 0.1) is 32.8 Å². The van der Waals surface area contributed by atoms with Gasteiger partial charge in [-0.15, -0.1) is 0 Å². The van der Waals surface area contributed by atoms with Crippen LogP contribution in [0.3, 0.4) is 0 Å². The molecule has 1 rings (SSSR count). The van der Waals surface area contributed by atoms with E-state index in [2.05, 4.69) is 37.9 Å². The largest absolute Gasteiger partial charge is 0.379 e. The first-order chi connectivity index (χ1) is 10.2. The molecule has 1 N–H and O–H groups in total. The van der Waals surface area contributed by atoms with Gasteiger partial charge in [0.2, 0.25) is 5.91 Å². The molecule has 0 aliphatic rings. The number of azide groups is 1. The van der Waals surface area contributed by atoms with E-state index in [1.807, 2.05) is 24.3 Å². The van der Waals surface area contributed by atoms with Crippen molar-refractivity contribution in [2.75, 3.05) is 38.3 Å². The third kappa shape index (κ3) is 9.24. The van der Waals surface area contributed by atoms with Crippen LogP contribution in [0.4, 0.5) is 5.69 Å². The molecule has 0 aliphatic carbocycles. The Morgan fingerprint density at radius 1 is 1.19 bits per heavy atom. The Labute approximate surface area is 136 Å². The molecule has 0 heterocycles. The fourth-order valence-electron chi connectivity index (χ4n) is 1.39. The van der Waals surface area contributed by atoms with Crippen molar-refractivity contribution in [3.8, 4) is 0 Å². The molecule has 1 aromatic rings. The third-order valence-electron chi connectivity index (χ3n) is 2.37. The highest BCUT2D eigenvalue weighted by molar-refractivity contribution is 14.1. The number of hydrogen-bond donors (Lipinski definition) is 1. The van der Waals surface area contributed by atoms with E-state index in [0.29, 0.717) is 39.4 Å². The van der Waals surface area contributed by atoms with Crippen LogP contribution < -0.4 is 5.32 Å². The average Bonchev–Trinajstić information content (AvgIpc) is 2.48. The Morgan fingerprint density at radius 2 is 1.86 bits per heavy atom. The molecule has 0 aliphatic heterocycles. The molecule has 0 saturated heterocycles. The van der Waals surface area contributed by atoms with Crippen LogP contribution in [0, 0.1) is 3.57 Å². The van der Waals surface area contributed by atoms with Gasteiger partial charge in [-0.05, 0) is 52.4 Å². The number of carbonyl (C=O) groups is 1. The maximum Gasteiger partial charge on any atom is 0.226 e. The first-order valence-corrected chi connectivity index (χ1v) is 7.52. The summed E-state index contributed by atoms with van der Waals surface area (Å²) in [6.07, 6.45) is 0.296. The van der Waals surface area contributed by atoms with E-state index < -0.39 is 0 Å². The SMILES string of the molecule is [N-]=[N+]=NCCOCCOCCC(=O)Nc1ccc(I)cc1. The van der Waals surface area contributed by atoms with E-state index in [9.17, 15) is 4.79 Å². The molecule has 0 saturated carbocycles. The molecule has 0 fully saturated rings. The van der Waals surface area contributed by atoms with E-state index in [0.717, 1.165) is 9.26 Å². The van der Waals surface area contributed by atoms with Gasteiger partial charge in [0, 0.05) is 20.7 Å². The van der Waals surface area contributed by atoms with E-state index in [-0.39, 0.29) is 5.91 Å². The van der Waals surface area contributed by atoms with Gasteiger partial charge >= 0.3 is 0 Å². The Kier molecular flexibility index (Phi) is 9.55. The van der Waals surface area contributed by atoms with Crippen LogP contribution in [0.5, 0.6) is 0 Å². The summed E-state index contributed by atoms with van der Waals surface area (Å²) in [4.78, 5) is 14.2. The molecule has 0 unspecified atom stereocenters. The molecule has 0 radical (unpaired) electrons. The van der Waals surface area contributed by atoms with Crippen molar-refractivity contribution in [1.29, 1.82) is 0 Å². The summed E-state index contributed by atoms with van der Waals surface area (Å²) in [6, 6.07) is 7.58. The number of benzene rings is 1. The number of anilines is 1. The van der Waals surface area contributed by atoms with Gasteiger partial charge in [0.1, 0.15) is 0 Å². The highest BCUT2D eigenvalue weighted by Gasteiger charge is 2.02. The summed E-state index contributed by atoms with van der Waals surface area (Å²) < 4.78 is 11.6. The fourth-order valence-corrected chi connectivity index (χ4v) is 1.75. The van der Waals surface area contributed by atoms with Gasteiger partial charge in [-0.3, -0.25) is 4.79 Å². The highest BCUT2D eigenvalue weighted by Crippen LogP contribution is 2.11. The quantitative estimate of drug-likeness (QED) is 0.214. The summed E-state index contributed by atoms with van der Waals surface area (Å²) in [5.41, 5.74) is 8.83. The minimum absolute atomic E-state index is 0.0829. The summed E-state index contributed by atoms with van der Waals surface area (Å²) in [5, 5.41) is 6.13. The minimum atomic E-state index is -0.0829. The van der Waals surface area contributed by atoms with E-state index in [1.165, 1.54) is 0 Å². The van der Waals surface area contributed by atoms with Crippen molar-refractivity contribution in [1.82, 2.24) is 0 Å². The highest BCUT2D eigenvalue weighted by atomic mass is 127. The smallest absolute Gasteiger partial charge is 0.226 e. The summed E-state index contributed by atoms with van der Waals surface area (Å²) >= 11 is 2.21. The maximum atomic E-state index is 11.6. The maximum absolute atomic E-state index is 11.6. The molecule has 0 aromatic heterocycles. The van der Waals surface area contributed by atoms with Crippen molar-refractivity contribution < 1.29 is 14.3 Å². The molecule has 1 aromatic carbocycles. The molecule has 21 heavy (non-hydrogen) atoms. The third-order valence-corrected chi connectivity index (χ3v) is 3.09. The van der Waals surface area contributed by atoms with Crippen molar-refractivity contribution in [2.45, 2.75) is 6.42 Å². The Hall–Kier alpha value is -1.35. The zero-order chi connectivity index (χ0) is 15.3. The molecule has 114 valence electrons. The molecule has 0 spiro atoms. The molecule has 0 bridgehead atoms. The van der Waals surface area contributed by atoms with Crippen molar-refractivity contribution in [3.05, 3.63) is 38.3 Å². The second-order valence-electron chi connectivity index (χ2n) is 3.98. The number of rotatable bonds is 10. The number of nitrogens with zero attached hydrogens (tertiary/aromatic N) is 3. The first kappa shape index (κ1) is 17.7. The van der Waals surface area contributed by atoms with Crippen LogP contribution in [0.2, 0.25) is 0 Å². The molecule has 7 nitrogen and oxygen atoms in total. The number of nitrogens with one attached hydrogen (secondary N) is 1. The first-order valence-electron chi connectivity index (χ1n) is 6.44. The number of halogens is 1. The molecule has 1 amide bonds. The second kappa shape index (κ2) is 11.3. The lowest BCUT2D eigenvalue weighted by atomic mass is 10.3. The van der Waals surface area contributed by atoms with Crippen molar-refractivity contribution in [3.63, 3.8) is 0 Å². The fraction of sp³-hybridized carbons (Fsp3) is 0.462. The molecular formula is C13H17IN4O3. The summed E-state index contributed by atoms with van der Waals surface area (Å²) in [6.45, 7) is 1.86. The van der Waals surface area contributed by atoms with E-state index >= 15 is 0 Å². The number of amides is 1. The summed E-state index contributed by atoms with van der Waals surface area (Å²) in [5.74, 6) is -0.0829. The number of hydrogen-bond acceptors (Lipinski definition) is 4. The zero-order valence-electron chi connectivity index (χ0n) is 11.5. The summed E-state index contributed by atoms with van der Waals surface area (Å²) in [7, 11) is 0. The van der Waals surface area contributed by atoms with Crippen LogP contribution >= 0.6 is 22.6 Å². The predicted molar refractivity (Wildman–Crippen MR) is 88.1 cm³/mol. The number of ether oxygens (including phenoxy) is 2. The van der Waals surface area contributed by atoms with Gasteiger partial charge < -0.3 is 14.8 Å². The Balaban J connectivity index is 2.01. The zero-order valence-corrected chi connectivity index (χ0v) is 13.7. The van der Waals surface area contributed by atoms with Gasteiger partial charge in [-0.2, -0.15) is 0 Å². The van der Waals surface area contributed by atoms with E-state index in [1.54, 1.807) is 0 Å². The molecule has 0 atom stereocenters. The molecule has 8 heteroatoms. The minimum Gasteiger partial charge on any atom is -0.379 e. The topological polar surface area (TPSA) is 96.3 Å². The van der Waals surface area contributed by atoms with Crippen molar-refractivity contribution >= 4 is 34.2 Å².